The fraction of sp³-hybridized carbons (Fsp3) is 0.789. The zero-order valence-corrected chi connectivity index (χ0v) is 17.8. The first-order chi connectivity index (χ1) is 14.0. The smallest absolute Gasteiger partial charge is 0.329 e. The van der Waals surface area contributed by atoms with Crippen molar-refractivity contribution in [2.45, 2.75) is 57.7 Å². The summed E-state index contributed by atoms with van der Waals surface area (Å²) in [5.41, 5.74) is -0.00553. The van der Waals surface area contributed by atoms with Crippen LogP contribution in [0.5, 0.6) is 0 Å². The fourth-order valence-electron chi connectivity index (χ4n) is 4.62. The summed E-state index contributed by atoms with van der Waals surface area (Å²) < 4.78 is 63.5. The maximum atomic E-state index is 12.9. The number of likely N-dealkylation sites (tertiary alicyclic amines) is 1. The van der Waals surface area contributed by atoms with E-state index in [1.165, 1.54) is 17.4 Å². The largest absolute Gasteiger partial charge is 0.404 e. The van der Waals surface area contributed by atoms with Gasteiger partial charge >= 0.3 is 6.18 Å². The second-order valence-electron chi connectivity index (χ2n) is 8.14. The summed E-state index contributed by atoms with van der Waals surface area (Å²) in [5.74, 6) is -4.02. The molecule has 0 aromatic rings. The number of hydrogen-bond acceptors (Lipinski definition) is 5. The predicted molar refractivity (Wildman–Crippen MR) is 104 cm³/mol. The molecule has 3 aliphatic rings. The number of carbonyl (C=O) groups is 2. The van der Waals surface area contributed by atoms with Gasteiger partial charge < -0.3 is 9.80 Å². The number of carbonyl (C=O) groups excluding carboxylic acids is 2. The number of nitrogens with zero attached hydrogens (tertiary/aromatic N) is 3. The van der Waals surface area contributed by atoms with E-state index in [0.29, 0.717) is 23.7 Å². The van der Waals surface area contributed by atoms with Crippen LogP contribution in [0.15, 0.2) is 11.8 Å². The Labute approximate surface area is 174 Å². The Morgan fingerprint density at radius 1 is 1.20 bits per heavy atom. The molecular formula is C19H28F3N3O4S. The number of alkyl halides is 3. The van der Waals surface area contributed by atoms with Crippen LogP contribution < -0.4 is 0 Å². The van der Waals surface area contributed by atoms with Gasteiger partial charge in [-0.05, 0) is 38.4 Å². The number of piperidine rings is 1. The predicted octanol–water partition coefficient (Wildman–Crippen LogP) is 2.11. The van der Waals surface area contributed by atoms with E-state index in [2.05, 4.69) is 4.90 Å². The van der Waals surface area contributed by atoms with Crippen molar-refractivity contribution in [3.63, 3.8) is 0 Å². The Balaban J connectivity index is 1.77. The molecule has 0 spiro atoms. The molecule has 2 atom stereocenters. The molecule has 2 saturated heterocycles. The average molecular weight is 452 g/mol. The van der Waals surface area contributed by atoms with Gasteiger partial charge in [-0.2, -0.15) is 13.2 Å². The zero-order valence-electron chi connectivity index (χ0n) is 17.0. The topological polar surface area (TPSA) is 78.0 Å². The Hall–Kier alpha value is -1.62. The van der Waals surface area contributed by atoms with Gasteiger partial charge in [-0.15, -0.1) is 0 Å². The molecule has 0 aromatic carbocycles. The van der Waals surface area contributed by atoms with Crippen molar-refractivity contribution >= 4 is 21.8 Å². The SMILES string of the molecule is CCC[C@H]1C(=O)N(S(=O)(=O)CC(F)(F)F)C2=CCN(C(=O)CCN3CCCCC3)[C@@H]21. The summed E-state index contributed by atoms with van der Waals surface area (Å²) in [5, 5.41) is 0. The Morgan fingerprint density at radius 2 is 1.87 bits per heavy atom. The van der Waals surface area contributed by atoms with E-state index >= 15 is 0 Å². The molecule has 0 aromatic heterocycles. The van der Waals surface area contributed by atoms with Gasteiger partial charge in [0.1, 0.15) is 0 Å². The monoisotopic (exact) mass is 451 g/mol. The van der Waals surface area contributed by atoms with Crippen molar-refractivity contribution in [1.29, 1.82) is 0 Å². The van der Waals surface area contributed by atoms with Crippen molar-refractivity contribution in [2.24, 2.45) is 5.92 Å². The van der Waals surface area contributed by atoms with Crippen LogP contribution >= 0.6 is 0 Å². The summed E-state index contributed by atoms with van der Waals surface area (Å²) >= 11 is 0. The summed E-state index contributed by atoms with van der Waals surface area (Å²) in [6.45, 7) is 4.35. The highest BCUT2D eigenvalue weighted by atomic mass is 32.2. The molecule has 3 heterocycles. The lowest BCUT2D eigenvalue weighted by Crippen LogP contribution is -2.42. The highest BCUT2D eigenvalue weighted by molar-refractivity contribution is 7.89. The molecule has 11 heteroatoms. The summed E-state index contributed by atoms with van der Waals surface area (Å²) in [7, 11) is -4.91. The second kappa shape index (κ2) is 8.86. The van der Waals surface area contributed by atoms with Gasteiger partial charge in [0.25, 0.3) is 0 Å². The average Bonchev–Trinajstić information content (AvgIpc) is 3.17. The van der Waals surface area contributed by atoms with Gasteiger partial charge in [0.05, 0.1) is 17.7 Å². The molecule has 0 saturated carbocycles. The lowest BCUT2D eigenvalue weighted by Gasteiger charge is -2.30. The maximum absolute atomic E-state index is 12.9. The summed E-state index contributed by atoms with van der Waals surface area (Å²) in [6.07, 6.45) is 0.884. The lowest BCUT2D eigenvalue weighted by atomic mass is 9.96. The Kier molecular flexibility index (Phi) is 6.81. The maximum Gasteiger partial charge on any atom is 0.404 e. The first kappa shape index (κ1) is 23.1. The minimum atomic E-state index is -4.96. The number of amides is 2. The molecule has 0 N–H and O–H groups in total. The third-order valence-corrected chi connectivity index (χ3v) is 7.54. The first-order valence-corrected chi connectivity index (χ1v) is 12.0. The molecule has 0 radical (unpaired) electrons. The number of halogens is 3. The van der Waals surface area contributed by atoms with Crippen LogP contribution in [0.1, 0.15) is 45.4 Å². The number of fused-ring (bicyclic) bond motifs is 1. The standard InChI is InChI=1S/C19H28F3N3O4S/c1-2-6-14-17-15(25(18(14)27)30(28,29)13-19(20,21)22)7-12-24(17)16(26)8-11-23-9-4-3-5-10-23/h7,14,17H,2-6,8-13H2,1H3/t14-,17-/m1/s1. The van der Waals surface area contributed by atoms with Crippen LogP contribution in [-0.2, 0) is 19.6 Å². The van der Waals surface area contributed by atoms with Crippen LogP contribution in [0.25, 0.3) is 0 Å². The van der Waals surface area contributed by atoms with Crippen LogP contribution in [0.4, 0.5) is 13.2 Å². The van der Waals surface area contributed by atoms with E-state index in [1.54, 1.807) is 6.92 Å². The van der Waals surface area contributed by atoms with E-state index in [9.17, 15) is 31.2 Å². The zero-order chi connectivity index (χ0) is 22.1. The molecule has 0 aliphatic carbocycles. The van der Waals surface area contributed by atoms with Gasteiger partial charge in [0.15, 0.2) is 5.75 Å². The van der Waals surface area contributed by atoms with Gasteiger partial charge in [0.2, 0.25) is 21.8 Å². The normalized spacial score (nSPS) is 25.6. The molecule has 0 bridgehead atoms. The van der Waals surface area contributed by atoms with E-state index in [4.69, 9.17) is 0 Å². The fourth-order valence-corrected chi connectivity index (χ4v) is 6.08. The summed E-state index contributed by atoms with van der Waals surface area (Å²) in [4.78, 5) is 29.3. The number of hydrogen-bond donors (Lipinski definition) is 0. The van der Waals surface area contributed by atoms with Gasteiger partial charge in [0, 0.05) is 19.5 Å². The highest BCUT2D eigenvalue weighted by Crippen LogP contribution is 2.41. The van der Waals surface area contributed by atoms with Crippen LogP contribution in [0.3, 0.4) is 0 Å². The molecule has 2 amide bonds. The van der Waals surface area contributed by atoms with Crippen LogP contribution in [0, 0.1) is 5.92 Å². The summed E-state index contributed by atoms with van der Waals surface area (Å²) in [6, 6.07) is -0.811. The van der Waals surface area contributed by atoms with Crippen LogP contribution in [-0.4, -0.2) is 78.5 Å². The minimum absolute atomic E-state index is 0.00553. The molecule has 30 heavy (non-hydrogen) atoms. The minimum Gasteiger partial charge on any atom is -0.329 e. The first-order valence-electron chi connectivity index (χ1n) is 10.4. The van der Waals surface area contributed by atoms with E-state index in [0.717, 1.165) is 25.9 Å². The molecule has 7 nitrogen and oxygen atoms in total. The lowest BCUT2D eigenvalue weighted by molar-refractivity contribution is -0.134. The molecule has 2 fully saturated rings. The van der Waals surface area contributed by atoms with Crippen molar-refractivity contribution in [3.8, 4) is 0 Å². The van der Waals surface area contributed by atoms with Crippen LogP contribution in [0.2, 0.25) is 0 Å². The quantitative estimate of drug-likeness (QED) is 0.593. The molecule has 3 aliphatic heterocycles. The highest BCUT2D eigenvalue weighted by Gasteiger charge is 2.55. The second-order valence-corrected chi connectivity index (χ2v) is 9.96. The number of sulfonamides is 1. The third-order valence-electron chi connectivity index (χ3n) is 5.90. The van der Waals surface area contributed by atoms with E-state index in [1.807, 2.05) is 0 Å². The third kappa shape index (κ3) is 4.82. The molecule has 3 rings (SSSR count). The Morgan fingerprint density at radius 3 is 2.47 bits per heavy atom. The molecule has 170 valence electrons. The van der Waals surface area contributed by atoms with E-state index in [-0.39, 0.29) is 24.6 Å². The van der Waals surface area contributed by atoms with Crippen molar-refractivity contribution in [2.75, 3.05) is 31.9 Å². The van der Waals surface area contributed by atoms with Gasteiger partial charge in [-0.1, -0.05) is 19.8 Å². The number of rotatable bonds is 7. The van der Waals surface area contributed by atoms with E-state index < -0.39 is 39.8 Å². The van der Waals surface area contributed by atoms with Gasteiger partial charge in [-0.3, -0.25) is 9.59 Å². The molecule has 0 unspecified atom stereocenters. The van der Waals surface area contributed by atoms with Crippen molar-refractivity contribution in [1.82, 2.24) is 14.1 Å². The van der Waals surface area contributed by atoms with Gasteiger partial charge in [-0.25, -0.2) is 12.7 Å². The van der Waals surface area contributed by atoms with Crippen molar-refractivity contribution in [3.05, 3.63) is 11.8 Å². The molecular weight excluding hydrogens is 423 g/mol. The Bertz CT molecular complexity index is 806. The van der Waals surface area contributed by atoms with Crippen molar-refractivity contribution < 1.29 is 31.2 Å².